The van der Waals surface area contributed by atoms with Crippen LogP contribution in [-0.4, -0.2) is 47.9 Å². The number of aromatic nitrogens is 2. The number of fused-ring (bicyclic) bond motifs is 2. The van der Waals surface area contributed by atoms with Crippen LogP contribution in [0.2, 0.25) is 0 Å². The summed E-state index contributed by atoms with van der Waals surface area (Å²) in [5, 5.41) is 14.1. The van der Waals surface area contributed by atoms with Gasteiger partial charge in [-0.3, -0.25) is 9.59 Å². The van der Waals surface area contributed by atoms with Gasteiger partial charge in [-0.15, -0.1) is 0 Å². The van der Waals surface area contributed by atoms with E-state index in [9.17, 15) is 9.59 Å². The van der Waals surface area contributed by atoms with Crippen molar-refractivity contribution in [1.29, 1.82) is 0 Å². The van der Waals surface area contributed by atoms with E-state index in [1.54, 1.807) is 0 Å². The van der Waals surface area contributed by atoms with Crippen LogP contribution in [0.15, 0.2) is 24.5 Å². The molecule has 0 unspecified atom stereocenters. The number of hydrogen-bond donors (Lipinski definition) is 4. The smallest absolute Gasteiger partial charge is 0.198 e. The second-order valence-electron chi connectivity index (χ2n) is 6.73. The average Bonchev–Trinajstić information content (AvgIpc) is 2.72. The molecule has 148 valence electrons. The molecule has 8 nitrogen and oxygen atoms in total. The van der Waals surface area contributed by atoms with Crippen molar-refractivity contribution in [2.75, 3.05) is 36.8 Å². The van der Waals surface area contributed by atoms with Gasteiger partial charge < -0.3 is 22.1 Å². The highest BCUT2D eigenvalue weighted by molar-refractivity contribution is 6.31. The Morgan fingerprint density at radius 3 is 1.54 bits per heavy atom. The van der Waals surface area contributed by atoms with Crippen LogP contribution in [0.3, 0.4) is 0 Å². The summed E-state index contributed by atoms with van der Waals surface area (Å²) in [6.07, 6.45) is 6.27. The van der Waals surface area contributed by atoms with Gasteiger partial charge in [0.25, 0.3) is 0 Å². The molecule has 6 N–H and O–H groups in total. The van der Waals surface area contributed by atoms with Crippen molar-refractivity contribution in [2.24, 2.45) is 11.5 Å². The van der Waals surface area contributed by atoms with E-state index in [-0.39, 0.29) is 22.7 Å². The van der Waals surface area contributed by atoms with E-state index < -0.39 is 0 Å². The highest BCUT2D eigenvalue weighted by Crippen LogP contribution is 2.36. The Bertz CT molecular complexity index is 798. The van der Waals surface area contributed by atoms with Crippen LogP contribution in [0.25, 0.3) is 0 Å². The Labute approximate surface area is 164 Å². The number of carbonyl (C=O) groups is 2. The quantitative estimate of drug-likeness (QED) is 0.388. The lowest BCUT2D eigenvalue weighted by Gasteiger charge is -2.23. The zero-order chi connectivity index (χ0) is 19.9. The van der Waals surface area contributed by atoms with Gasteiger partial charge in [-0.25, -0.2) is 0 Å². The molecule has 0 fully saturated rings. The number of nitrogens with zero attached hydrogens (tertiary/aromatic N) is 2. The zero-order valence-corrected chi connectivity index (χ0v) is 15.8. The molecule has 1 aliphatic rings. The molecule has 0 amide bonds. The number of unbranched alkanes of at least 4 members (excludes halogenated alkanes) is 2. The van der Waals surface area contributed by atoms with Gasteiger partial charge in [-0.1, -0.05) is 0 Å². The van der Waals surface area contributed by atoms with E-state index in [4.69, 9.17) is 11.5 Å². The summed E-state index contributed by atoms with van der Waals surface area (Å²) in [5.41, 5.74) is 13.8. The second kappa shape index (κ2) is 9.38. The average molecular weight is 382 g/mol. The van der Waals surface area contributed by atoms with Crippen LogP contribution in [0.5, 0.6) is 0 Å². The lowest BCUT2D eigenvalue weighted by molar-refractivity contribution is 0.0979. The number of carbonyl (C=O) groups excluding carboxylic acids is 2. The molecular formula is C20H26N6O2. The van der Waals surface area contributed by atoms with Crippen molar-refractivity contribution in [3.05, 3.63) is 46.8 Å². The highest BCUT2D eigenvalue weighted by Gasteiger charge is 2.34. The highest BCUT2D eigenvalue weighted by atomic mass is 16.1. The minimum absolute atomic E-state index is 0.216. The van der Waals surface area contributed by atoms with Gasteiger partial charge in [0.15, 0.2) is 11.6 Å². The third-order valence-electron chi connectivity index (χ3n) is 4.77. The molecule has 1 heterocycles. The molecule has 1 aromatic carbocycles. The van der Waals surface area contributed by atoms with E-state index in [1.807, 2.05) is 12.1 Å². The normalized spacial score (nSPS) is 12.5. The van der Waals surface area contributed by atoms with Crippen LogP contribution in [0.4, 0.5) is 11.4 Å². The third-order valence-corrected chi connectivity index (χ3v) is 4.77. The second-order valence-corrected chi connectivity index (χ2v) is 6.73. The molecule has 0 bridgehead atoms. The molecule has 1 aliphatic carbocycles. The van der Waals surface area contributed by atoms with Crippen molar-refractivity contribution in [2.45, 2.75) is 25.7 Å². The van der Waals surface area contributed by atoms with Gasteiger partial charge in [0, 0.05) is 24.5 Å². The molecular weight excluding hydrogens is 356 g/mol. The van der Waals surface area contributed by atoms with Gasteiger partial charge in [-0.2, -0.15) is 10.2 Å². The zero-order valence-electron chi connectivity index (χ0n) is 15.8. The van der Waals surface area contributed by atoms with E-state index in [1.165, 1.54) is 12.4 Å². The van der Waals surface area contributed by atoms with Crippen LogP contribution in [-0.2, 0) is 0 Å². The van der Waals surface area contributed by atoms with Crippen LogP contribution < -0.4 is 22.1 Å². The molecule has 2 aromatic rings. The topological polar surface area (TPSA) is 136 Å². The maximum atomic E-state index is 13.2. The Balaban J connectivity index is 1.97. The fraction of sp³-hybridized carbons (Fsp3) is 0.400. The first-order chi connectivity index (χ1) is 13.7. The summed E-state index contributed by atoms with van der Waals surface area (Å²) < 4.78 is 0. The van der Waals surface area contributed by atoms with Gasteiger partial charge >= 0.3 is 0 Å². The third kappa shape index (κ3) is 4.02. The molecule has 1 aromatic heterocycles. The Hall–Kier alpha value is -2.84. The predicted molar refractivity (Wildman–Crippen MR) is 109 cm³/mol. The van der Waals surface area contributed by atoms with Crippen molar-refractivity contribution >= 4 is 22.9 Å². The van der Waals surface area contributed by atoms with E-state index in [2.05, 4.69) is 20.8 Å². The number of anilines is 2. The summed E-state index contributed by atoms with van der Waals surface area (Å²) in [7, 11) is 0. The molecule has 0 atom stereocenters. The lowest BCUT2D eigenvalue weighted by atomic mass is 9.83. The first kappa shape index (κ1) is 19.9. The minimum atomic E-state index is -0.216. The number of ketones is 2. The van der Waals surface area contributed by atoms with Crippen molar-refractivity contribution in [1.82, 2.24) is 10.2 Å². The van der Waals surface area contributed by atoms with Crippen molar-refractivity contribution < 1.29 is 9.59 Å². The number of benzene rings is 1. The maximum absolute atomic E-state index is 13.2. The maximum Gasteiger partial charge on any atom is 0.198 e. The first-order valence-electron chi connectivity index (χ1n) is 9.64. The minimum Gasteiger partial charge on any atom is -0.384 e. The summed E-state index contributed by atoms with van der Waals surface area (Å²) in [4.78, 5) is 26.3. The lowest BCUT2D eigenvalue weighted by Crippen LogP contribution is -2.25. The summed E-state index contributed by atoms with van der Waals surface area (Å²) in [5.74, 6) is -0.433. The Kier molecular flexibility index (Phi) is 6.67. The predicted octanol–water partition coefficient (Wildman–Crippen LogP) is 1.55. The fourth-order valence-electron chi connectivity index (χ4n) is 3.31. The SMILES string of the molecule is NCCCCNc1ccc(NCCCCN)c2c1C(=O)c1cnncc1C2=O. The monoisotopic (exact) mass is 382 g/mol. The molecule has 8 heteroatoms. The standard InChI is InChI=1S/C20H26N6O2/c21-7-1-3-9-23-15-5-6-16(24-10-4-2-8-22)18-17(15)19(27)13-11-25-26-12-14(13)20(18)28/h5-6,11-12,23-24H,1-4,7-10,21-22H2. The van der Waals surface area contributed by atoms with Crippen LogP contribution >= 0.6 is 0 Å². The van der Waals surface area contributed by atoms with Gasteiger partial charge in [0.2, 0.25) is 0 Å². The summed E-state index contributed by atoms with van der Waals surface area (Å²) in [6.45, 7) is 2.59. The molecule has 0 saturated heterocycles. The fourth-order valence-corrected chi connectivity index (χ4v) is 3.31. The summed E-state index contributed by atoms with van der Waals surface area (Å²) in [6, 6.07) is 3.69. The first-order valence-corrected chi connectivity index (χ1v) is 9.64. The largest absolute Gasteiger partial charge is 0.384 e. The number of rotatable bonds is 10. The molecule has 0 saturated carbocycles. The van der Waals surface area contributed by atoms with E-state index in [0.29, 0.717) is 48.7 Å². The van der Waals surface area contributed by atoms with Crippen LogP contribution in [0.1, 0.15) is 57.5 Å². The molecule has 0 radical (unpaired) electrons. The Morgan fingerprint density at radius 2 is 1.14 bits per heavy atom. The summed E-state index contributed by atoms with van der Waals surface area (Å²) >= 11 is 0. The molecule has 28 heavy (non-hydrogen) atoms. The van der Waals surface area contributed by atoms with Gasteiger partial charge in [0.1, 0.15) is 0 Å². The van der Waals surface area contributed by atoms with Crippen molar-refractivity contribution in [3.8, 4) is 0 Å². The van der Waals surface area contributed by atoms with E-state index >= 15 is 0 Å². The number of hydrogen-bond acceptors (Lipinski definition) is 8. The number of nitrogens with one attached hydrogen (secondary N) is 2. The molecule has 0 aliphatic heterocycles. The van der Waals surface area contributed by atoms with Crippen LogP contribution in [0, 0.1) is 0 Å². The van der Waals surface area contributed by atoms with E-state index in [0.717, 1.165) is 25.7 Å². The molecule has 0 spiro atoms. The van der Waals surface area contributed by atoms with Gasteiger partial charge in [-0.05, 0) is 50.9 Å². The van der Waals surface area contributed by atoms with Gasteiger partial charge in [0.05, 0.1) is 34.6 Å². The van der Waals surface area contributed by atoms with Crippen molar-refractivity contribution in [3.63, 3.8) is 0 Å². The Morgan fingerprint density at radius 1 is 0.714 bits per heavy atom. The number of nitrogens with two attached hydrogens (primary N) is 2. The molecule has 3 rings (SSSR count).